The topological polar surface area (TPSA) is 0 Å². The molecule has 0 bridgehead atoms. The Morgan fingerprint density at radius 1 is 0.857 bits per heavy atom. The van der Waals surface area contributed by atoms with E-state index in [9.17, 15) is 0 Å². The van der Waals surface area contributed by atoms with Crippen LogP contribution in [0.2, 0.25) is 0 Å². The summed E-state index contributed by atoms with van der Waals surface area (Å²) in [6, 6.07) is 13.5. The van der Waals surface area contributed by atoms with E-state index in [1.54, 1.807) is 0 Å². The van der Waals surface area contributed by atoms with Gasteiger partial charge in [-0.05, 0) is 65.5 Å². The van der Waals surface area contributed by atoms with Crippen LogP contribution in [-0.2, 0) is 25.7 Å². The van der Waals surface area contributed by atoms with E-state index in [0.29, 0.717) is 0 Å². The molecule has 0 N–H and O–H groups in total. The molecule has 0 nitrogen and oxygen atoms in total. The molecule has 1 aliphatic rings. The van der Waals surface area contributed by atoms with Crippen LogP contribution in [0.15, 0.2) is 36.4 Å². The Labute approximate surface area is 133 Å². The van der Waals surface area contributed by atoms with Gasteiger partial charge in [-0.3, -0.25) is 0 Å². The lowest BCUT2D eigenvalue weighted by molar-refractivity contribution is 0.911. The molecule has 2 aromatic carbocycles. The number of alkyl halides is 1. The van der Waals surface area contributed by atoms with Crippen molar-refractivity contribution in [1.29, 1.82) is 0 Å². The third kappa shape index (κ3) is 2.87. The molecule has 0 saturated carbocycles. The average molecular weight is 299 g/mol. The predicted molar refractivity (Wildman–Crippen MR) is 91.4 cm³/mol. The van der Waals surface area contributed by atoms with Crippen LogP contribution in [-0.4, -0.2) is 0 Å². The molecule has 0 aliphatic heterocycles. The van der Waals surface area contributed by atoms with Gasteiger partial charge in [-0.1, -0.05) is 50.2 Å². The summed E-state index contributed by atoms with van der Waals surface area (Å²) in [7, 11) is 0. The normalized spacial score (nSPS) is 15.0. The number of hydrogen-bond donors (Lipinski definition) is 0. The molecule has 0 radical (unpaired) electrons. The van der Waals surface area contributed by atoms with E-state index in [0.717, 1.165) is 12.8 Å². The Balaban J connectivity index is 1.93. The Kier molecular flexibility index (Phi) is 4.35. The zero-order valence-electron chi connectivity index (χ0n) is 13.0. The third-order valence-corrected chi connectivity index (χ3v) is 5.20. The lowest BCUT2D eigenvalue weighted by atomic mass is 9.95. The molecule has 0 amide bonds. The highest BCUT2D eigenvalue weighted by Crippen LogP contribution is 2.33. The van der Waals surface area contributed by atoms with Gasteiger partial charge < -0.3 is 0 Å². The minimum Gasteiger partial charge on any atom is -0.113 e. The van der Waals surface area contributed by atoms with Crippen LogP contribution in [0.3, 0.4) is 0 Å². The fourth-order valence-electron chi connectivity index (χ4n) is 3.42. The van der Waals surface area contributed by atoms with Crippen LogP contribution < -0.4 is 0 Å². The first kappa shape index (κ1) is 14.7. The van der Waals surface area contributed by atoms with Gasteiger partial charge >= 0.3 is 0 Å². The van der Waals surface area contributed by atoms with Crippen molar-refractivity contribution in [2.24, 2.45) is 0 Å². The molecule has 1 aliphatic carbocycles. The van der Waals surface area contributed by atoms with Crippen LogP contribution in [0.1, 0.15) is 59.0 Å². The zero-order valence-corrected chi connectivity index (χ0v) is 13.7. The summed E-state index contributed by atoms with van der Waals surface area (Å²) in [6.07, 6.45) is 5.90. The number of hydrogen-bond acceptors (Lipinski definition) is 0. The van der Waals surface area contributed by atoms with E-state index in [1.165, 1.54) is 52.6 Å². The maximum Gasteiger partial charge on any atom is 0.0835 e. The largest absolute Gasteiger partial charge is 0.113 e. The molecule has 21 heavy (non-hydrogen) atoms. The third-order valence-electron chi connectivity index (χ3n) is 4.70. The van der Waals surface area contributed by atoms with Gasteiger partial charge in [-0.25, -0.2) is 0 Å². The maximum absolute atomic E-state index is 6.76. The molecular formula is C20H23Cl. The van der Waals surface area contributed by atoms with Gasteiger partial charge in [-0.15, -0.1) is 11.6 Å². The van der Waals surface area contributed by atoms with Crippen molar-refractivity contribution in [2.75, 3.05) is 0 Å². The summed E-state index contributed by atoms with van der Waals surface area (Å²) >= 11 is 6.76. The smallest absolute Gasteiger partial charge is 0.0835 e. The van der Waals surface area contributed by atoms with E-state index in [2.05, 4.69) is 50.2 Å². The molecule has 1 atom stereocenters. The summed E-state index contributed by atoms with van der Waals surface area (Å²) < 4.78 is 0. The lowest BCUT2D eigenvalue weighted by Crippen LogP contribution is -1.99. The molecular weight excluding hydrogens is 276 g/mol. The highest BCUT2D eigenvalue weighted by molar-refractivity contribution is 6.22. The van der Waals surface area contributed by atoms with Gasteiger partial charge in [0, 0.05) is 0 Å². The van der Waals surface area contributed by atoms with Crippen molar-refractivity contribution >= 4 is 11.6 Å². The summed E-state index contributed by atoms with van der Waals surface area (Å²) in [5.74, 6) is 0. The summed E-state index contributed by atoms with van der Waals surface area (Å²) in [6.45, 7) is 4.43. The van der Waals surface area contributed by atoms with Gasteiger partial charge in [0.2, 0.25) is 0 Å². The van der Waals surface area contributed by atoms with Crippen molar-refractivity contribution in [3.05, 3.63) is 69.8 Å². The monoisotopic (exact) mass is 298 g/mol. The van der Waals surface area contributed by atoms with E-state index in [1.807, 2.05) is 0 Å². The molecule has 0 saturated heterocycles. The van der Waals surface area contributed by atoms with Crippen molar-refractivity contribution in [3.63, 3.8) is 0 Å². The predicted octanol–water partition coefficient (Wildman–Crippen LogP) is 5.63. The van der Waals surface area contributed by atoms with Crippen LogP contribution in [0.4, 0.5) is 0 Å². The van der Waals surface area contributed by atoms with Gasteiger partial charge in [0.05, 0.1) is 5.38 Å². The van der Waals surface area contributed by atoms with Gasteiger partial charge in [0.1, 0.15) is 0 Å². The second-order valence-electron chi connectivity index (χ2n) is 5.98. The summed E-state index contributed by atoms with van der Waals surface area (Å²) in [4.78, 5) is 0. The van der Waals surface area contributed by atoms with Crippen LogP contribution >= 0.6 is 11.6 Å². The fourth-order valence-corrected chi connectivity index (χ4v) is 3.69. The zero-order chi connectivity index (χ0) is 14.8. The Bertz CT molecular complexity index is 642. The Hall–Kier alpha value is -1.27. The maximum atomic E-state index is 6.76. The average Bonchev–Trinajstić information content (AvgIpc) is 3.00. The second-order valence-corrected chi connectivity index (χ2v) is 6.42. The number of benzene rings is 2. The minimum atomic E-state index is -0.0351. The number of aryl methyl sites for hydroxylation is 4. The van der Waals surface area contributed by atoms with Crippen LogP contribution in [0.5, 0.6) is 0 Å². The van der Waals surface area contributed by atoms with E-state index in [-0.39, 0.29) is 5.38 Å². The molecule has 0 spiro atoms. The van der Waals surface area contributed by atoms with Crippen LogP contribution in [0.25, 0.3) is 0 Å². The molecule has 2 aromatic rings. The first-order chi connectivity index (χ1) is 10.2. The van der Waals surface area contributed by atoms with Crippen molar-refractivity contribution in [3.8, 4) is 0 Å². The van der Waals surface area contributed by atoms with Gasteiger partial charge in [0.15, 0.2) is 0 Å². The first-order valence-electron chi connectivity index (χ1n) is 8.10. The molecule has 0 heterocycles. The summed E-state index contributed by atoms with van der Waals surface area (Å²) in [5, 5.41) is -0.0351. The molecule has 3 rings (SSSR count). The second kappa shape index (κ2) is 6.23. The van der Waals surface area contributed by atoms with E-state index < -0.39 is 0 Å². The van der Waals surface area contributed by atoms with Crippen molar-refractivity contribution in [2.45, 2.75) is 51.3 Å². The standard InChI is InChI=1S/C20H23Cl/c1-3-14-8-10-18(12-15(14)4-2)20(21)19-11-9-16-6-5-7-17(16)13-19/h8-13,20H,3-7H2,1-2H3. The molecule has 0 aromatic heterocycles. The van der Waals surface area contributed by atoms with Gasteiger partial charge in [0.25, 0.3) is 0 Å². The lowest BCUT2D eigenvalue weighted by Gasteiger charge is -2.15. The Morgan fingerprint density at radius 2 is 1.52 bits per heavy atom. The number of halogens is 1. The first-order valence-corrected chi connectivity index (χ1v) is 8.54. The van der Waals surface area contributed by atoms with Crippen LogP contribution in [0, 0.1) is 0 Å². The minimum absolute atomic E-state index is 0.0351. The van der Waals surface area contributed by atoms with E-state index >= 15 is 0 Å². The fraction of sp³-hybridized carbons (Fsp3) is 0.400. The number of fused-ring (bicyclic) bond motifs is 1. The Morgan fingerprint density at radius 3 is 2.29 bits per heavy atom. The van der Waals surface area contributed by atoms with Crippen molar-refractivity contribution in [1.82, 2.24) is 0 Å². The molecule has 1 unspecified atom stereocenters. The quantitative estimate of drug-likeness (QED) is 0.642. The highest BCUT2D eigenvalue weighted by Gasteiger charge is 2.16. The SMILES string of the molecule is CCc1ccc(C(Cl)c2ccc3c(c2)CCC3)cc1CC. The highest BCUT2D eigenvalue weighted by atomic mass is 35.5. The molecule has 110 valence electrons. The van der Waals surface area contributed by atoms with E-state index in [4.69, 9.17) is 11.6 Å². The van der Waals surface area contributed by atoms with Gasteiger partial charge in [-0.2, -0.15) is 0 Å². The molecule has 1 heteroatoms. The summed E-state index contributed by atoms with van der Waals surface area (Å²) in [5.41, 5.74) is 8.35. The number of rotatable bonds is 4. The van der Waals surface area contributed by atoms with Crippen molar-refractivity contribution < 1.29 is 0 Å². The molecule has 0 fully saturated rings.